The van der Waals surface area contributed by atoms with Crippen LogP contribution >= 0.6 is 15.6 Å². The summed E-state index contributed by atoms with van der Waals surface area (Å²) >= 11 is 0. The van der Waals surface area contributed by atoms with Gasteiger partial charge in [0.2, 0.25) is 0 Å². The van der Waals surface area contributed by atoms with Gasteiger partial charge in [0.1, 0.15) is 19.3 Å². The number of aliphatic hydroxyl groups is 1. The number of esters is 4. The largest absolute Gasteiger partial charge is 0.472 e. The van der Waals surface area contributed by atoms with Crippen LogP contribution in [0.25, 0.3) is 0 Å². The summed E-state index contributed by atoms with van der Waals surface area (Å²) in [6.07, 6.45) is 45.8. The van der Waals surface area contributed by atoms with Crippen molar-refractivity contribution in [1.82, 2.24) is 0 Å². The summed E-state index contributed by atoms with van der Waals surface area (Å²) in [5, 5.41) is 10.6. The smallest absolute Gasteiger partial charge is 0.462 e. The summed E-state index contributed by atoms with van der Waals surface area (Å²) in [5.41, 5.74) is 0. The Labute approximate surface area is 537 Å². The van der Waals surface area contributed by atoms with E-state index in [0.29, 0.717) is 31.6 Å². The highest BCUT2D eigenvalue weighted by atomic mass is 31.2. The molecule has 0 bridgehead atoms. The van der Waals surface area contributed by atoms with Gasteiger partial charge in [0.05, 0.1) is 26.4 Å². The number of carbonyl (C=O) groups excluding carboxylic acids is 4. The lowest BCUT2D eigenvalue weighted by Crippen LogP contribution is -2.30. The zero-order chi connectivity index (χ0) is 65.0. The van der Waals surface area contributed by atoms with E-state index in [9.17, 15) is 43.2 Å². The van der Waals surface area contributed by atoms with E-state index in [4.69, 9.17) is 37.0 Å². The fourth-order valence-electron chi connectivity index (χ4n) is 10.4. The van der Waals surface area contributed by atoms with E-state index in [1.807, 2.05) is 0 Å². The van der Waals surface area contributed by atoms with Gasteiger partial charge in [-0.3, -0.25) is 37.3 Å². The summed E-state index contributed by atoms with van der Waals surface area (Å²) in [6, 6.07) is 0. The molecular weight excluding hydrogens is 1160 g/mol. The number of unbranched alkanes of at least 4 members (excludes halogenated alkanes) is 37. The molecule has 0 heterocycles. The van der Waals surface area contributed by atoms with Crippen LogP contribution in [0.15, 0.2) is 0 Å². The van der Waals surface area contributed by atoms with E-state index in [-0.39, 0.29) is 25.7 Å². The predicted molar refractivity (Wildman–Crippen MR) is 354 cm³/mol. The second-order valence-corrected chi connectivity index (χ2v) is 28.5. The molecule has 0 aromatic rings. The first kappa shape index (κ1) is 86.1. The molecule has 0 aliphatic carbocycles. The molecule has 17 nitrogen and oxygen atoms in total. The van der Waals surface area contributed by atoms with E-state index >= 15 is 0 Å². The lowest BCUT2D eigenvalue weighted by molar-refractivity contribution is -0.161. The first-order chi connectivity index (χ1) is 42.4. The first-order valence-corrected chi connectivity index (χ1v) is 39.0. The van der Waals surface area contributed by atoms with Crippen molar-refractivity contribution in [3.63, 3.8) is 0 Å². The highest BCUT2D eigenvalue weighted by Crippen LogP contribution is 2.45. The maximum atomic E-state index is 13.0. The van der Waals surface area contributed by atoms with Crippen molar-refractivity contribution in [1.29, 1.82) is 0 Å². The molecule has 0 saturated carbocycles. The van der Waals surface area contributed by atoms with Gasteiger partial charge < -0.3 is 33.8 Å². The zero-order valence-electron chi connectivity index (χ0n) is 57.0. The third-order valence-electron chi connectivity index (χ3n) is 16.3. The lowest BCUT2D eigenvalue weighted by Gasteiger charge is -2.21. The number of aliphatic hydroxyl groups excluding tert-OH is 1. The van der Waals surface area contributed by atoms with E-state index < -0.39 is 97.5 Å². The highest BCUT2D eigenvalue weighted by Gasteiger charge is 2.30. The molecular formula is C69H134O17P2. The highest BCUT2D eigenvalue weighted by molar-refractivity contribution is 7.47. The zero-order valence-corrected chi connectivity index (χ0v) is 58.8. The molecule has 0 amide bonds. The van der Waals surface area contributed by atoms with Gasteiger partial charge in [-0.2, -0.15) is 0 Å². The van der Waals surface area contributed by atoms with Crippen LogP contribution in [0.4, 0.5) is 0 Å². The molecule has 0 radical (unpaired) electrons. The third-order valence-corrected chi connectivity index (χ3v) is 18.2. The molecule has 0 aliphatic rings. The number of hydrogen-bond acceptors (Lipinski definition) is 15. The molecule has 0 fully saturated rings. The van der Waals surface area contributed by atoms with Crippen LogP contribution < -0.4 is 0 Å². The van der Waals surface area contributed by atoms with Gasteiger partial charge in [0.25, 0.3) is 0 Å². The van der Waals surface area contributed by atoms with E-state index in [0.717, 1.165) is 95.8 Å². The second-order valence-electron chi connectivity index (χ2n) is 25.6. The van der Waals surface area contributed by atoms with Crippen LogP contribution in [-0.4, -0.2) is 96.7 Å². The molecule has 0 aliphatic heterocycles. The van der Waals surface area contributed by atoms with Gasteiger partial charge in [-0.15, -0.1) is 0 Å². The van der Waals surface area contributed by atoms with Crippen LogP contribution in [0.1, 0.15) is 350 Å². The normalized spacial score (nSPS) is 14.5. The van der Waals surface area contributed by atoms with Gasteiger partial charge in [-0.1, -0.05) is 298 Å². The van der Waals surface area contributed by atoms with Gasteiger partial charge >= 0.3 is 39.5 Å². The number of rotatable bonds is 68. The molecule has 0 saturated heterocycles. The van der Waals surface area contributed by atoms with E-state index in [2.05, 4.69) is 41.5 Å². The second kappa shape index (κ2) is 61.3. The summed E-state index contributed by atoms with van der Waals surface area (Å²) in [5.74, 6) is -0.654. The fourth-order valence-corrected chi connectivity index (χ4v) is 12.0. The maximum Gasteiger partial charge on any atom is 0.472 e. The average Bonchev–Trinajstić information content (AvgIpc) is 3.57. The number of carbonyl (C=O) groups is 4. The minimum Gasteiger partial charge on any atom is -0.462 e. The van der Waals surface area contributed by atoms with Gasteiger partial charge in [-0.25, -0.2) is 9.13 Å². The fraction of sp³-hybridized carbons (Fsp3) is 0.942. The van der Waals surface area contributed by atoms with Crippen molar-refractivity contribution in [3.05, 3.63) is 0 Å². The minimum atomic E-state index is -4.95. The van der Waals surface area contributed by atoms with Gasteiger partial charge in [0.15, 0.2) is 12.2 Å². The van der Waals surface area contributed by atoms with Crippen LogP contribution in [0.3, 0.4) is 0 Å². The molecule has 0 rings (SSSR count). The van der Waals surface area contributed by atoms with E-state index in [1.165, 1.54) is 167 Å². The number of hydrogen-bond donors (Lipinski definition) is 3. The SMILES string of the molecule is CCCCCCCCCCCCCCCCCCC(=O)O[C@H](COC(=O)CCCCCCCCCCC(C)CC)COP(=O)(O)OC[C@@H](O)COP(=O)(O)OC[C@@H](COC(=O)CCCCCCCCCCCC)OC(=O)CCCCCCCCCC(C)C. The van der Waals surface area contributed by atoms with E-state index in [1.54, 1.807) is 0 Å². The summed E-state index contributed by atoms with van der Waals surface area (Å²) < 4.78 is 68.2. The van der Waals surface area contributed by atoms with Crippen molar-refractivity contribution in [2.75, 3.05) is 39.6 Å². The van der Waals surface area contributed by atoms with Crippen molar-refractivity contribution in [3.8, 4) is 0 Å². The van der Waals surface area contributed by atoms with Gasteiger partial charge in [-0.05, 0) is 37.5 Å². The number of phosphoric acid groups is 2. The quantitative estimate of drug-likeness (QED) is 0.0222. The van der Waals surface area contributed by atoms with Crippen molar-refractivity contribution < 1.29 is 80.2 Å². The average molecular weight is 1300 g/mol. The first-order valence-electron chi connectivity index (χ1n) is 36.0. The Morgan fingerprint density at radius 3 is 0.864 bits per heavy atom. The van der Waals surface area contributed by atoms with Crippen molar-refractivity contribution in [2.45, 2.75) is 368 Å². The van der Waals surface area contributed by atoms with Crippen molar-refractivity contribution in [2.24, 2.45) is 11.8 Å². The Morgan fingerprint density at radius 1 is 0.330 bits per heavy atom. The Kier molecular flexibility index (Phi) is 59.9. The predicted octanol–water partition coefficient (Wildman–Crippen LogP) is 19.6. The number of phosphoric ester groups is 2. The Bertz CT molecular complexity index is 1720. The summed E-state index contributed by atoms with van der Waals surface area (Å²) in [7, 11) is -9.90. The van der Waals surface area contributed by atoms with Gasteiger partial charge in [0, 0.05) is 25.7 Å². The molecule has 0 aromatic heterocycles. The number of ether oxygens (including phenoxy) is 4. The standard InChI is InChI=1S/C69H134O17P2/c1-7-10-12-14-16-18-20-21-22-23-24-25-27-35-41-47-53-68(73)85-64(57-80-67(72)52-46-40-34-29-28-32-38-44-50-62(6)9-3)59-83-87(75,76)81-55-63(70)56-82-88(77,78)84-60-65(86-69(74)54-48-42-36-30-31-37-43-49-61(4)5)58-79-66(71)51-45-39-33-26-19-17-15-13-11-8-2/h61-65,70H,7-60H2,1-6H3,(H,75,76)(H,77,78)/t62?,63-,64-,65-/m1/s1. The molecule has 0 spiro atoms. The molecule has 3 unspecified atom stereocenters. The molecule has 6 atom stereocenters. The van der Waals surface area contributed by atoms with Crippen LogP contribution in [-0.2, 0) is 65.4 Å². The molecule has 522 valence electrons. The van der Waals surface area contributed by atoms with Crippen molar-refractivity contribution >= 4 is 39.5 Å². The summed E-state index contributed by atoms with van der Waals surface area (Å²) in [4.78, 5) is 72.4. The topological polar surface area (TPSA) is 237 Å². The van der Waals surface area contributed by atoms with Crippen LogP contribution in [0.2, 0.25) is 0 Å². The molecule has 3 N–H and O–H groups in total. The molecule has 0 aromatic carbocycles. The third kappa shape index (κ3) is 61.6. The monoisotopic (exact) mass is 1300 g/mol. The maximum absolute atomic E-state index is 13.0. The Balaban J connectivity index is 5.24. The minimum absolute atomic E-state index is 0.104. The Hall–Kier alpha value is -1.94. The van der Waals surface area contributed by atoms with Crippen LogP contribution in [0, 0.1) is 11.8 Å². The summed E-state index contributed by atoms with van der Waals surface area (Å²) in [6.45, 7) is 9.47. The Morgan fingerprint density at radius 2 is 0.580 bits per heavy atom. The lowest BCUT2D eigenvalue weighted by atomic mass is 9.99. The van der Waals surface area contributed by atoms with Crippen LogP contribution in [0.5, 0.6) is 0 Å². The molecule has 19 heteroatoms. The molecule has 88 heavy (non-hydrogen) atoms.